The molecular weight excluding hydrogens is 406 g/mol. The second kappa shape index (κ2) is 13.0. The van der Waals surface area contributed by atoms with Crippen molar-refractivity contribution in [2.45, 2.75) is 51.2 Å². The van der Waals surface area contributed by atoms with E-state index in [-0.39, 0.29) is 25.2 Å². The summed E-state index contributed by atoms with van der Waals surface area (Å²) in [5, 5.41) is 12.3. The number of aliphatic carboxylic acids is 1. The van der Waals surface area contributed by atoms with Crippen LogP contribution in [-0.4, -0.2) is 64.3 Å². The first-order chi connectivity index (χ1) is 14.2. The van der Waals surface area contributed by atoms with Crippen LogP contribution in [-0.2, 0) is 25.6 Å². The van der Waals surface area contributed by atoms with Crippen LogP contribution in [0.4, 0.5) is 0 Å². The van der Waals surface area contributed by atoms with Gasteiger partial charge in [-0.05, 0) is 36.3 Å². The van der Waals surface area contributed by atoms with Gasteiger partial charge in [-0.3, -0.25) is 19.3 Å². The number of nitrogens with zero attached hydrogens (tertiary/aromatic N) is 1. The molecule has 30 heavy (non-hydrogen) atoms. The lowest BCUT2D eigenvalue weighted by atomic mass is 9.99. The second-order valence-corrected chi connectivity index (χ2v) is 8.46. The number of carbonyl (C=O) groups is 4. The summed E-state index contributed by atoms with van der Waals surface area (Å²) in [6.45, 7) is 3.73. The van der Waals surface area contributed by atoms with Gasteiger partial charge in [0.15, 0.2) is 0 Å². The zero-order valence-corrected chi connectivity index (χ0v) is 18.4. The number of amides is 3. The molecule has 0 bridgehead atoms. The van der Waals surface area contributed by atoms with Gasteiger partial charge in [-0.15, -0.1) is 0 Å². The van der Waals surface area contributed by atoms with Crippen LogP contribution >= 0.6 is 11.8 Å². The fourth-order valence-electron chi connectivity index (χ4n) is 2.95. The third-order valence-corrected chi connectivity index (χ3v) is 5.20. The predicted molar refractivity (Wildman–Crippen MR) is 117 cm³/mol. The van der Waals surface area contributed by atoms with Crippen molar-refractivity contribution in [1.82, 2.24) is 10.2 Å². The maximum atomic E-state index is 13.1. The molecule has 3 unspecified atom stereocenters. The Morgan fingerprint density at radius 1 is 1.23 bits per heavy atom. The Hall–Kier alpha value is -2.39. The first-order valence-electron chi connectivity index (χ1n) is 9.80. The molecule has 0 heterocycles. The summed E-state index contributed by atoms with van der Waals surface area (Å²) in [5.41, 5.74) is 6.56. The smallest absolute Gasteiger partial charge is 0.327 e. The van der Waals surface area contributed by atoms with Crippen molar-refractivity contribution in [3.63, 3.8) is 0 Å². The van der Waals surface area contributed by atoms with Crippen LogP contribution in [0.25, 0.3) is 0 Å². The molecule has 0 radical (unpaired) electrons. The number of nitrogens with two attached hydrogens (primary N) is 1. The number of imide groups is 1. The minimum absolute atomic E-state index is 0.0209. The van der Waals surface area contributed by atoms with E-state index in [1.807, 2.05) is 20.1 Å². The maximum absolute atomic E-state index is 13.1. The molecule has 3 amide bonds. The highest BCUT2D eigenvalue weighted by molar-refractivity contribution is 7.98. The normalized spacial score (nSPS) is 13.9. The minimum Gasteiger partial charge on any atom is -0.480 e. The van der Waals surface area contributed by atoms with Gasteiger partial charge in [-0.2, -0.15) is 11.8 Å². The highest BCUT2D eigenvalue weighted by Gasteiger charge is 2.35. The molecule has 8 nitrogen and oxygen atoms in total. The van der Waals surface area contributed by atoms with E-state index in [1.165, 1.54) is 0 Å². The van der Waals surface area contributed by atoms with Gasteiger partial charge in [-0.1, -0.05) is 44.2 Å². The van der Waals surface area contributed by atoms with Gasteiger partial charge < -0.3 is 16.2 Å². The van der Waals surface area contributed by atoms with Crippen molar-refractivity contribution in [3.05, 3.63) is 35.9 Å². The van der Waals surface area contributed by atoms with Crippen LogP contribution in [0.2, 0.25) is 0 Å². The van der Waals surface area contributed by atoms with Crippen LogP contribution < -0.4 is 11.1 Å². The fourth-order valence-corrected chi connectivity index (χ4v) is 3.44. The topological polar surface area (TPSA) is 130 Å². The lowest BCUT2D eigenvalue weighted by molar-refractivity contribution is -0.155. The van der Waals surface area contributed by atoms with Crippen LogP contribution in [0.5, 0.6) is 0 Å². The second-order valence-electron chi connectivity index (χ2n) is 7.47. The Kier molecular flexibility index (Phi) is 11.1. The fraction of sp³-hybridized carbons (Fsp3) is 0.524. The third kappa shape index (κ3) is 8.16. The quantitative estimate of drug-likeness (QED) is 0.396. The van der Waals surface area contributed by atoms with Gasteiger partial charge in [-0.25, -0.2) is 4.79 Å². The minimum atomic E-state index is -1.38. The van der Waals surface area contributed by atoms with Gasteiger partial charge >= 0.3 is 5.97 Å². The molecule has 0 saturated carbocycles. The average molecular weight is 438 g/mol. The third-order valence-electron chi connectivity index (χ3n) is 4.55. The van der Waals surface area contributed by atoms with E-state index in [9.17, 15) is 24.3 Å². The van der Waals surface area contributed by atoms with E-state index in [0.717, 1.165) is 0 Å². The van der Waals surface area contributed by atoms with Crippen LogP contribution in [0.15, 0.2) is 30.3 Å². The Labute approximate surface area is 181 Å². The van der Waals surface area contributed by atoms with Crippen LogP contribution in [0.3, 0.4) is 0 Å². The summed E-state index contributed by atoms with van der Waals surface area (Å²) in [6.07, 6.45) is 2.78. The van der Waals surface area contributed by atoms with Gasteiger partial charge in [0.2, 0.25) is 12.3 Å². The zero-order valence-electron chi connectivity index (χ0n) is 17.6. The average Bonchev–Trinajstić information content (AvgIpc) is 2.71. The van der Waals surface area contributed by atoms with E-state index < -0.39 is 35.9 Å². The first-order valence-corrected chi connectivity index (χ1v) is 11.2. The predicted octanol–water partition coefficient (Wildman–Crippen LogP) is 1.28. The number of carbonyl (C=O) groups excluding carboxylic acids is 3. The molecule has 0 saturated heterocycles. The summed E-state index contributed by atoms with van der Waals surface area (Å²) in [7, 11) is 0. The maximum Gasteiger partial charge on any atom is 0.327 e. The number of nitrogens with one attached hydrogen (secondary N) is 1. The number of hydrogen-bond donors (Lipinski definition) is 3. The largest absolute Gasteiger partial charge is 0.480 e. The molecule has 0 aromatic heterocycles. The lowest BCUT2D eigenvalue weighted by Gasteiger charge is -2.29. The van der Waals surface area contributed by atoms with E-state index in [4.69, 9.17) is 5.73 Å². The number of carboxylic acid groups (broad SMARTS) is 1. The molecule has 1 aromatic carbocycles. The van der Waals surface area contributed by atoms with Gasteiger partial charge in [0, 0.05) is 6.42 Å². The molecule has 0 aliphatic carbocycles. The van der Waals surface area contributed by atoms with Crippen molar-refractivity contribution < 1.29 is 24.3 Å². The van der Waals surface area contributed by atoms with E-state index in [0.29, 0.717) is 22.6 Å². The molecule has 0 spiro atoms. The SMILES string of the molecule is CSCCC(N)C(=O)NC(CC(C)C)C(=O)N(C=O)C(Cc1ccccc1)C(=O)O. The summed E-state index contributed by atoms with van der Waals surface area (Å²) in [6, 6.07) is 5.52. The highest BCUT2D eigenvalue weighted by Crippen LogP contribution is 2.14. The van der Waals surface area contributed by atoms with Gasteiger partial charge in [0.25, 0.3) is 5.91 Å². The molecule has 166 valence electrons. The first kappa shape index (κ1) is 25.6. The number of carboxylic acids is 1. The zero-order chi connectivity index (χ0) is 22.7. The van der Waals surface area contributed by atoms with Crippen LogP contribution in [0.1, 0.15) is 32.3 Å². The lowest BCUT2D eigenvalue weighted by Crippen LogP contribution is -2.56. The molecule has 9 heteroatoms. The molecule has 4 N–H and O–H groups in total. The van der Waals surface area contributed by atoms with E-state index >= 15 is 0 Å². The summed E-state index contributed by atoms with van der Waals surface area (Å²) >= 11 is 1.55. The van der Waals surface area contributed by atoms with Crippen molar-refractivity contribution >= 4 is 36.0 Å². The molecule has 0 aliphatic rings. The Morgan fingerprint density at radius 2 is 1.87 bits per heavy atom. The number of rotatable bonds is 13. The van der Waals surface area contributed by atoms with E-state index in [2.05, 4.69) is 5.32 Å². The summed E-state index contributed by atoms with van der Waals surface area (Å²) in [4.78, 5) is 49.8. The standard InChI is InChI=1S/C21H31N3O5S/c1-14(2)11-17(23-19(26)16(22)9-10-30-3)20(27)24(13-25)18(21(28)29)12-15-7-5-4-6-8-15/h4-8,13-14,16-18H,9-12,22H2,1-3H3,(H,23,26)(H,28,29). The summed E-state index contributed by atoms with van der Waals surface area (Å²) in [5.74, 6) is -1.84. The highest BCUT2D eigenvalue weighted by atomic mass is 32.2. The van der Waals surface area contributed by atoms with Gasteiger partial charge in [0.05, 0.1) is 6.04 Å². The molecular formula is C21H31N3O5S. The number of hydrogen-bond acceptors (Lipinski definition) is 6. The van der Waals surface area contributed by atoms with Crippen molar-refractivity contribution in [3.8, 4) is 0 Å². The Morgan fingerprint density at radius 3 is 2.37 bits per heavy atom. The Bertz CT molecular complexity index is 714. The molecule has 1 rings (SSSR count). The number of thioether (sulfide) groups is 1. The monoisotopic (exact) mass is 437 g/mol. The van der Waals surface area contributed by atoms with Crippen molar-refractivity contribution in [2.75, 3.05) is 12.0 Å². The molecule has 0 fully saturated rings. The van der Waals surface area contributed by atoms with Crippen LogP contribution in [0, 0.1) is 5.92 Å². The molecule has 3 atom stereocenters. The van der Waals surface area contributed by atoms with Crippen molar-refractivity contribution in [1.29, 1.82) is 0 Å². The van der Waals surface area contributed by atoms with Crippen molar-refractivity contribution in [2.24, 2.45) is 11.7 Å². The number of benzene rings is 1. The van der Waals surface area contributed by atoms with E-state index in [1.54, 1.807) is 42.1 Å². The summed E-state index contributed by atoms with van der Waals surface area (Å²) < 4.78 is 0. The molecule has 0 aliphatic heterocycles. The van der Waals surface area contributed by atoms with Gasteiger partial charge in [0.1, 0.15) is 12.1 Å². The Balaban J connectivity index is 3.05. The molecule has 1 aromatic rings.